The van der Waals surface area contributed by atoms with Crippen LogP contribution in [0.2, 0.25) is 0 Å². The molecule has 1 fully saturated rings. The molecule has 2 heterocycles. The SMILES string of the molecule is COC(=O)c1ncccc1CN1CCN(C(C)C)CC1. The quantitative estimate of drug-likeness (QED) is 0.778. The molecular formula is C15H23N3O2. The average Bonchev–Trinajstić information content (AvgIpc) is 2.47. The molecule has 0 N–H and O–H groups in total. The normalized spacial score (nSPS) is 17.4. The zero-order chi connectivity index (χ0) is 14.5. The maximum Gasteiger partial charge on any atom is 0.356 e. The Labute approximate surface area is 120 Å². The molecule has 5 heteroatoms. The summed E-state index contributed by atoms with van der Waals surface area (Å²) >= 11 is 0. The van der Waals surface area contributed by atoms with Crippen molar-refractivity contribution in [2.24, 2.45) is 0 Å². The van der Waals surface area contributed by atoms with Crippen LogP contribution in [0.3, 0.4) is 0 Å². The van der Waals surface area contributed by atoms with Crippen LogP contribution in [0.15, 0.2) is 18.3 Å². The van der Waals surface area contributed by atoms with Gasteiger partial charge in [0.15, 0.2) is 5.69 Å². The standard InChI is InChI=1S/C15H23N3O2/c1-12(2)18-9-7-17(8-10-18)11-13-5-4-6-16-14(13)15(19)20-3/h4-6,12H,7-11H2,1-3H3. The molecule has 0 aliphatic carbocycles. The van der Waals surface area contributed by atoms with Crippen LogP contribution in [-0.4, -0.2) is 60.1 Å². The third-order valence-corrected chi connectivity index (χ3v) is 3.80. The van der Waals surface area contributed by atoms with Crippen LogP contribution in [0, 0.1) is 0 Å². The second kappa shape index (κ2) is 6.81. The van der Waals surface area contributed by atoms with E-state index in [9.17, 15) is 4.79 Å². The molecule has 0 radical (unpaired) electrons. The summed E-state index contributed by atoms with van der Waals surface area (Å²) in [5.74, 6) is -0.360. The van der Waals surface area contributed by atoms with E-state index in [4.69, 9.17) is 4.74 Å². The minimum absolute atomic E-state index is 0.360. The van der Waals surface area contributed by atoms with Gasteiger partial charge in [-0.05, 0) is 25.5 Å². The van der Waals surface area contributed by atoms with Crippen molar-refractivity contribution in [3.63, 3.8) is 0 Å². The van der Waals surface area contributed by atoms with Crippen molar-refractivity contribution >= 4 is 5.97 Å². The Morgan fingerprint density at radius 3 is 2.65 bits per heavy atom. The summed E-state index contributed by atoms with van der Waals surface area (Å²) in [7, 11) is 1.39. The second-order valence-corrected chi connectivity index (χ2v) is 5.41. The van der Waals surface area contributed by atoms with E-state index < -0.39 is 0 Å². The predicted molar refractivity (Wildman–Crippen MR) is 77.6 cm³/mol. The molecule has 0 amide bonds. The fraction of sp³-hybridized carbons (Fsp3) is 0.600. The van der Waals surface area contributed by atoms with Crippen molar-refractivity contribution < 1.29 is 9.53 Å². The minimum Gasteiger partial charge on any atom is -0.464 e. The van der Waals surface area contributed by atoms with Gasteiger partial charge in [0.1, 0.15) is 0 Å². The highest BCUT2D eigenvalue weighted by molar-refractivity contribution is 5.88. The summed E-state index contributed by atoms with van der Waals surface area (Å²) in [6.45, 7) is 9.40. The highest BCUT2D eigenvalue weighted by Crippen LogP contribution is 2.13. The van der Waals surface area contributed by atoms with E-state index in [-0.39, 0.29) is 5.97 Å². The number of piperazine rings is 1. The molecule has 0 unspecified atom stereocenters. The number of hydrogen-bond donors (Lipinski definition) is 0. The van der Waals surface area contributed by atoms with Crippen LogP contribution in [0.4, 0.5) is 0 Å². The average molecular weight is 277 g/mol. The Bertz CT molecular complexity index is 454. The third kappa shape index (κ3) is 3.55. The first kappa shape index (κ1) is 14.9. The number of nitrogens with zero attached hydrogens (tertiary/aromatic N) is 3. The summed E-state index contributed by atoms with van der Waals surface area (Å²) in [4.78, 5) is 20.7. The minimum atomic E-state index is -0.360. The molecular weight excluding hydrogens is 254 g/mol. The summed E-state index contributed by atoms with van der Waals surface area (Å²) in [6.07, 6.45) is 1.63. The van der Waals surface area contributed by atoms with E-state index in [0.29, 0.717) is 11.7 Å². The number of hydrogen-bond acceptors (Lipinski definition) is 5. The van der Waals surface area contributed by atoms with Gasteiger partial charge in [0.25, 0.3) is 0 Å². The predicted octanol–water partition coefficient (Wildman–Crippen LogP) is 1.39. The van der Waals surface area contributed by atoms with E-state index in [1.807, 2.05) is 12.1 Å². The lowest BCUT2D eigenvalue weighted by Crippen LogP contribution is -2.48. The summed E-state index contributed by atoms with van der Waals surface area (Å²) in [6, 6.07) is 4.42. The number of carbonyl (C=O) groups is 1. The Morgan fingerprint density at radius 1 is 1.35 bits per heavy atom. The van der Waals surface area contributed by atoms with E-state index in [1.54, 1.807) is 6.20 Å². The maximum atomic E-state index is 11.7. The van der Waals surface area contributed by atoms with Gasteiger partial charge in [0.05, 0.1) is 7.11 Å². The van der Waals surface area contributed by atoms with Crippen LogP contribution in [0.25, 0.3) is 0 Å². The molecule has 110 valence electrons. The second-order valence-electron chi connectivity index (χ2n) is 5.41. The number of ether oxygens (including phenoxy) is 1. The molecule has 20 heavy (non-hydrogen) atoms. The lowest BCUT2D eigenvalue weighted by Gasteiger charge is -2.37. The van der Waals surface area contributed by atoms with Crippen molar-refractivity contribution in [2.45, 2.75) is 26.4 Å². The number of rotatable bonds is 4. The van der Waals surface area contributed by atoms with Gasteiger partial charge in [-0.15, -0.1) is 0 Å². The smallest absolute Gasteiger partial charge is 0.356 e. The molecule has 0 saturated carbocycles. The first-order valence-corrected chi connectivity index (χ1v) is 7.10. The van der Waals surface area contributed by atoms with Crippen LogP contribution < -0.4 is 0 Å². The zero-order valence-electron chi connectivity index (χ0n) is 12.5. The van der Waals surface area contributed by atoms with Crippen molar-refractivity contribution in [3.8, 4) is 0 Å². The summed E-state index contributed by atoms with van der Waals surface area (Å²) in [5.41, 5.74) is 1.37. The largest absolute Gasteiger partial charge is 0.464 e. The van der Waals surface area contributed by atoms with Crippen LogP contribution >= 0.6 is 0 Å². The van der Waals surface area contributed by atoms with Crippen molar-refractivity contribution in [3.05, 3.63) is 29.6 Å². The number of carbonyl (C=O) groups excluding carboxylic acids is 1. The van der Waals surface area contributed by atoms with Gasteiger partial charge >= 0.3 is 5.97 Å². The Hall–Kier alpha value is -1.46. The highest BCUT2D eigenvalue weighted by atomic mass is 16.5. The van der Waals surface area contributed by atoms with Gasteiger partial charge in [-0.3, -0.25) is 9.80 Å². The molecule has 0 atom stereocenters. The fourth-order valence-electron chi connectivity index (χ4n) is 2.53. The van der Waals surface area contributed by atoms with E-state index in [0.717, 1.165) is 38.3 Å². The van der Waals surface area contributed by atoms with Crippen LogP contribution in [0.5, 0.6) is 0 Å². The summed E-state index contributed by atoms with van der Waals surface area (Å²) in [5, 5.41) is 0. The first-order valence-electron chi connectivity index (χ1n) is 7.10. The lowest BCUT2D eigenvalue weighted by atomic mass is 10.1. The van der Waals surface area contributed by atoms with Gasteiger partial charge in [-0.25, -0.2) is 9.78 Å². The number of methoxy groups -OCH3 is 1. The Balaban J connectivity index is 1.99. The number of aromatic nitrogens is 1. The Kier molecular flexibility index (Phi) is 5.09. The molecule has 1 saturated heterocycles. The molecule has 0 aromatic carbocycles. The molecule has 1 aromatic heterocycles. The van der Waals surface area contributed by atoms with Crippen molar-refractivity contribution in [1.29, 1.82) is 0 Å². The molecule has 0 spiro atoms. The van der Waals surface area contributed by atoms with Crippen molar-refractivity contribution in [1.82, 2.24) is 14.8 Å². The molecule has 0 bridgehead atoms. The summed E-state index contributed by atoms with van der Waals surface area (Å²) < 4.78 is 4.79. The van der Waals surface area contributed by atoms with E-state index in [1.165, 1.54) is 7.11 Å². The van der Waals surface area contributed by atoms with E-state index in [2.05, 4.69) is 28.6 Å². The third-order valence-electron chi connectivity index (χ3n) is 3.80. The zero-order valence-corrected chi connectivity index (χ0v) is 12.5. The van der Waals surface area contributed by atoms with Gasteiger partial charge in [-0.1, -0.05) is 6.07 Å². The lowest BCUT2D eigenvalue weighted by molar-refractivity contribution is 0.0589. The molecule has 2 rings (SSSR count). The van der Waals surface area contributed by atoms with Gasteiger partial charge in [-0.2, -0.15) is 0 Å². The monoisotopic (exact) mass is 277 g/mol. The molecule has 5 nitrogen and oxygen atoms in total. The molecule has 1 aliphatic heterocycles. The fourth-order valence-corrected chi connectivity index (χ4v) is 2.53. The van der Waals surface area contributed by atoms with Gasteiger partial charge in [0.2, 0.25) is 0 Å². The van der Waals surface area contributed by atoms with Crippen LogP contribution in [-0.2, 0) is 11.3 Å². The van der Waals surface area contributed by atoms with Gasteiger partial charge in [0, 0.05) is 45.0 Å². The van der Waals surface area contributed by atoms with Gasteiger partial charge < -0.3 is 4.74 Å². The highest BCUT2D eigenvalue weighted by Gasteiger charge is 2.21. The first-order chi connectivity index (χ1) is 9.61. The topological polar surface area (TPSA) is 45.7 Å². The number of esters is 1. The molecule has 1 aromatic rings. The van der Waals surface area contributed by atoms with E-state index >= 15 is 0 Å². The molecule has 1 aliphatic rings. The van der Waals surface area contributed by atoms with Crippen LogP contribution in [0.1, 0.15) is 29.9 Å². The maximum absolute atomic E-state index is 11.7. The number of pyridine rings is 1. The van der Waals surface area contributed by atoms with Crippen molar-refractivity contribution in [2.75, 3.05) is 33.3 Å². The Morgan fingerprint density at radius 2 is 2.05 bits per heavy atom.